The highest BCUT2D eigenvalue weighted by Crippen LogP contribution is 2.40. The molecule has 0 heterocycles. The highest BCUT2D eigenvalue weighted by Gasteiger charge is 2.32. The summed E-state index contributed by atoms with van der Waals surface area (Å²) in [4.78, 5) is 11.5. The van der Waals surface area contributed by atoms with Crippen molar-refractivity contribution < 1.29 is 9.90 Å². The molecule has 3 N–H and O–H groups in total. The van der Waals surface area contributed by atoms with Gasteiger partial charge in [-0.25, -0.2) is 4.79 Å². The Labute approximate surface area is 97.8 Å². The minimum Gasteiger partial charge on any atom is -0.394 e. The van der Waals surface area contributed by atoms with Crippen LogP contribution < -0.4 is 10.6 Å². The van der Waals surface area contributed by atoms with Crippen LogP contribution in [0, 0.1) is 5.41 Å². The number of aliphatic hydroxyl groups is 1. The van der Waals surface area contributed by atoms with Gasteiger partial charge in [-0.05, 0) is 31.6 Å². The molecule has 1 rings (SSSR count). The van der Waals surface area contributed by atoms with Crippen LogP contribution >= 0.6 is 0 Å². The summed E-state index contributed by atoms with van der Waals surface area (Å²) in [5.41, 5.74) is 0.319. The molecule has 1 saturated carbocycles. The third kappa shape index (κ3) is 3.67. The lowest BCUT2D eigenvalue weighted by Crippen LogP contribution is -2.45. The fourth-order valence-electron chi connectivity index (χ4n) is 2.37. The van der Waals surface area contributed by atoms with E-state index in [0.717, 1.165) is 13.0 Å². The summed E-state index contributed by atoms with van der Waals surface area (Å²) in [6.45, 7) is 4.71. The van der Waals surface area contributed by atoms with E-state index in [4.69, 9.17) is 5.11 Å². The van der Waals surface area contributed by atoms with E-state index in [1.165, 1.54) is 25.7 Å². The fraction of sp³-hybridized carbons (Fsp3) is 0.917. The molecule has 1 fully saturated rings. The summed E-state index contributed by atoms with van der Waals surface area (Å²) < 4.78 is 0. The number of carbonyl (C=O) groups is 1. The maximum Gasteiger partial charge on any atom is 0.315 e. The minimum absolute atomic E-state index is 0.0215. The number of rotatable bonds is 5. The van der Waals surface area contributed by atoms with Gasteiger partial charge in [0.1, 0.15) is 0 Å². The Hall–Kier alpha value is -0.770. The molecule has 0 aromatic carbocycles. The summed E-state index contributed by atoms with van der Waals surface area (Å²) in [5, 5.41) is 14.4. The molecule has 0 aromatic rings. The lowest BCUT2D eigenvalue weighted by molar-refractivity contribution is 0.210. The Morgan fingerprint density at radius 3 is 2.56 bits per heavy atom. The average molecular weight is 228 g/mol. The second-order valence-corrected chi connectivity index (χ2v) is 4.97. The van der Waals surface area contributed by atoms with Crippen LogP contribution in [0.4, 0.5) is 4.79 Å². The van der Waals surface area contributed by atoms with Gasteiger partial charge < -0.3 is 15.7 Å². The van der Waals surface area contributed by atoms with Crippen LogP contribution in [0.25, 0.3) is 0 Å². The largest absolute Gasteiger partial charge is 0.394 e. The Kier molecular flexibility index (Phi) is 5.06. The number of amides is 2. The molecule has 0 unspecified atom stereocenters. The lowest BCUT2D eigenvalue weighted by Gasteiger charge is -2.28. The molecule has 2 amide bonds. The third-order valence-electron chi connectivity index (χ3n) is 3.69. The zero-order chi connectivity index (χ0) is 12.0. The van der Waals surface area contributed by atoms with Crippen LogP contribution in [-0.4, -0.2) is 30.3 Å². The number of carbonyl (C=O) groups excluding carboxylic acids is 1. The molecule has 0 spiro atoms. The number of hydrogen-bond donors (Lipinski definition) is 3. The molecule has 1 aliphatic carbocycles. The Balaban J connectivity index is 2.29. The smallest absolute Gasteiger partial charge is 0.315 e. The van der Waals surface area contributed by atoms with Crippen molar-refractivity contribution in [1.29, 1.82) is 0 Å². The first-order chi connectivity index (χ1) is 7.62. The molecule has 0 aromatic heterocycles. The van der Waals surface area contributed by atoms with E-state index in [0.29, 0.717) is 5.41 Å². The molecule has 16 heavy (non-hydrogen) atoms. The first kappa shape index (κ1) is 13.3. The van der Waals surface area contributed by atoms with Crippen molar-refractivity contribution >= 4 is 6.03 Å². The maximum absolute atomic E-state index is 11.5. The molecule has 4 nitrogen and oxygen atoms in total. The van der Waals surface area contributed by atoms with Gasteiger partial charge in [-0.15, -0.1) is 0 Å². The number of aliphatic hydroxyl groups excluding tert-OH is 1. The van der Waals surface area contributed by atoms with Crippen molar-refractivity contribution in [2.75, 3.05) is 13.2 Å². The summed E-state index contributed by atoms with van der Waals surface area (Å²) in [6.07, 6.45) is 6.13. The molecule has 0 saturated heterocycles. The predicted molar refractivity (Wildman–Crippen MR) is 64.3 cm³/mol. The van der Waals surface area contributed by atoms with Gasteiger partial charge in [-0.1, -0.05) is 19.8 Å². The van der Waals surface area contributed by atoms with Gasteiger partial charge in [-0.2, -0.15) is 0 Å². The highest BCUT2D eigenvalue weighted by atomic mass is 16.3. The first-order valence-corrected chi connectivity index (χ1v) is 6.27. The van der Waals surface area contributed by atoms with Gasteiger partial charge in [0, 0.05) is 6.54 Å². The molecule has 4 heteroatoms. The molecule has 0 radical (unpaired) electrons. The van der Waals surface area contributed by atoms with Gasteiger partial charge in [-0.3, -0.25) is 0 Å². The van der Waals surface area contributed by atoms with Crippen molar-refractivity contribution in [3.8, 4) is 0 Å². The summed E-state index contributed by atoms with van der Waals surface area (Å²) >= 11 is 0. The van der Waals surface area contributed by atoms with Crippen molar-refractivity contribution in [2.24, 2.45) is 5.41 Å². The van der Waals surface area contributed by atoms with E-state index in [9.17, 15) is 4.79 Å². The number of hydrogen-bond acceptors (Lipinski definition) is 2. The van der Waals surface area contributed by atoms with Gasteiger partial charge >= 0.3 is 6.03 Å². The van der Waals surface area contributed by atoms with Gasteiger partial charge in [0.25, 0.3) is 0 Å². The van der Waals surface area contributed by atoms with Gasteiger partial charge in [0.2, 0.25) is 0 Å². The molecule has 0 bridgehead atoms. The SMILES string of the molecule is CCC1(CNC(=O)N[C@@H](C)CO)CCCC1. The van der Waals surface area contributed by atoms with E-state index >= 15 is 0 Å². The summed E-state index contributed by atoms with van der Waals surface area (Å²) in [7, 11) is 0. The Morgan fingerprint density at radius 1 is 1.44 bits per heavy atom. The van der Waals surface area contributed by atoms with Crippen LogP contribution in [0.5, 0.6) is 0 Å². The van der Waals surface area contributed by atoms with Crippen LogP contribution in [0.2, 0.25) is 0 Å². The Morgan fingerprint density at radius 2 is 2.06 bits per heavy atom. The van der Waals surface area contributed by atoms with E-state index in [1.807, 2.05) is 0 Å². The lowest BCUT2D eigenvalue weighted by atomic mass is 9.83. The van der Waals surface area contributed by atoms with Gasteiger partial charge in [0.05, 0.1) is 12.6 Å². The van der Waals surface area contributed by atoms with Crippen LogP contribution in [0.15, 0.2) is 0 Å². The summed E-state index contributed by atoms with van der Waals surface area (Å²) in [5.74, 6) is 0. The first-order valence-electron chi connectivity index (χ1n) is 6.27. The summed E-state index contributed by atoms with van der Waals surface area (Å²) in [6, 6.07) is -0.345. The van der Waals surface area contributed by atoms with Crippen molar-refractivity contribution in [3.05, 3.63) is 0 Å². The zero-order valence-corrected chi connectivity index (χ0v) is 10.4. The van der Waals surface area contributed by atoms with Crippen LogP contribution in [-0.2, 0) is 0 Å². The second-order valence-electron chi connectivity index (χ2n) is 4.97. The van der Waals surface area contributed by atoms with Crippen molar-refractivity contribution in [3.63, 3.8) is 0 Å². The number of urea groups is 1. The molecule has 94 valence electrons. The number of nitrogens with one attached hydrogen (secondary N) is 2. The molecular weight excluding hydrogens is 204 g/mol. The molecule has 0 aliphatic heterocycles. The van der Waals surface area contributed by atoms with E-state index in [-0.39, 0.29) is 18.7 Å². The van der Waals surface area contributed by atoms with Crippen LogP contribution in [0.1, 0.15) is 46.0 Å². The minimum atomic E-state index is -0.179. The fourth-order valence-corrected chi connectivity index (χ4v) is 2.37. The zero-order valence-electron chi connectivity index (χ0n) is 10.4. The average Bonchev–Trinajstić information content (AvgIpc) is 2.75. The maximum atomic E-state index is 11.5. The topological polar surface area (TPSA) is 61.4 Å². The molecular formula is C12H24N2O2. The van der Waals surface area contributed by atoms with E-state index in [1.54, 1.807) is 6.92 Å². The van der Waals surface area contributed by atoms with E-state index in [2.05, 4.69) is 17.6 Å². The highest BCUT2D eigenvalue weighted by molar-refractivity contribution is 5.74. The van der Waals surface area contributed by atoms with Gasteiger partial charge in [0.15, 0.2) is 0 Å². The van der Waals surface area contributed by atoms with Crippen LogP contribution in [0.3, 0.4) is 0 Å². The van der Waals surface area contributed by atoms with Crippen molar-refractivity contribution in [1.82, 2.24) is 10.6 Å². The monoisotopic (exact) mass is 228 g/mol. The molecule has 1 aliphatic rings. The van der Waals surface area contributed by atoms with Crippen molar-refractivity contribution in [2.45, 2.75) is 52.0 Å². The Bertz CT molecular complexity index is 225. The van der Waals surface area contributed by atoms with E-state index < -0.39 is 0 Å². The second kappa shape index (κ2) is 6.09. The molecule has 1 atom stereocenters. The standard InChI is InChI=1S/C12H24N2O2/c1-3-12(6-4-5-7-12)9-13-11(16)14-10(2)8-15/h10,15H,3-9H2,1-2H3,(H2,13,14,16)/t10-/m0/s1. The quantitative estimate of drug-likeness (QED) is 0.670. The predicted octanol–water partition coefficient (Wildman–Crippen LogP) is 1.64. The normalized spacial score (nSPS) is 20.4. The third-order valence-corrected chi connectivity index (χ3v) is 3.69.